The molecule has 1 saturated heterocycles. The van der Waals surface area contributed by atoms with Crippen molar-refractivity contribution in [2.24, 2.45) is 0 Å². The van der Waals surface area contributed by atoms with E-state index in [4.69, 9.17) is 18.9 Å². The van der Waals surface area contributed by atoms with Crippen molar-refractivity contribution in [3.8, 4) is 11.5 Å². The van der Waals surface area contributed by atoms with Gasteiger partial charge < -0.3 is 18.9 Å². The van der Waals surface area contributed by atoms with Crippen LogP contribution in [0.3, 0.4) is 0 Å². The number of rotatable bonds is 9. The van der Waals surface area contributed by atoms with Gasteiger partial charge in [-0.15, -0.1) is 0 Å². The monoisotopic (exact) mass is 435 g/mol. The van der Waals surface area contributed by atoms with Crippen molar-refractivity contribution in [3.05, 3.63) is 54.1 Å². The lowest BCUT2D eigenvalue weighted by Crippen LogP contribution is -2.40. The summed E-state index contributed by atoms with van der Waals surface area (Å²) in [6.45, 7) is 3.40. The van der Waals surface area contributed by atoms with Gasteiger partial charge in [-0.05, 0) is 36.8 Å². The number of carbonyl (C=O) groups is 1. The SMILES string of the molecule is CCOc1ccccc1OCC(=O)OCc1cccc(S(=O)(=O)N2CCOCC2)c1. The van der Waals surface area contributed by atoms with Gasteiger partial charge in [0, 0.05) is 13.1 Å². The third-order valence-electron chi connectivity index (χ3n) is 4.40. The minimum atomic E-state index is -3.61. The molecule has 0 atom stereocenters. The molecule has 0 saturated carbocycles. The van der Waals surface area contributed by atoms with Crippen LogP contribution >= 0.6 is 0 Å². The van der Waals surface area contributed by atoms with Crippen molar-refractivity contribution < 1.29 is 32.2 Å². The molecule has 0 aliphatic carbocycles. The summed E-state index contributed by atoms with van der Waals surface area (Å²) >= 11 is 0. The molecule has 1 heterocycles. The van der Waals surface area contributed by atoms with Crippen molar-refractivity contribution in [3.63, 3.8) is 0 Å². The Kier molecular flexibility index (Phi) is 7.67. The van der Waals surface area contributed by atoms with E-state index in [-0.39, 0.29) is 18.1 Å². The minimum absolute atomic E-state index is 0.0538. The number of para-hydroxylation sites is 2. The van der Waals surface area contributed by atoms with Crippen LogP contribution in [0.2, 0.25) is 0 Å². The lowest BCUT2D eigenvalue weighted by molar-refractivity contribution is -0.147. The average molecular weight is 435 g/mol. The quantitative estimate of drug-likeness (QED) is 0.558. The topological polar surface area (TPSA) is 91.4 Å². The fraction of sp³-hybridized carbons (Fsp3) is 0.381. The van der Waals surface area contributed by atoms with E-state index in [0.717, 1.165) is 0 Å². The second kappa shape index (κ2) is 10.4. The normalized spacial score (nSPS) is 14.8. The van der Waals surface area contributed by atoms with Crippen LogP contribution in [0.15, 0.2) is 53.4 Å². The summed E-state index contributed by atoms with van der Waals surface area (Å²) in [5.41, 5.74) is 0.576. The molecule has 9 heteroatoms. The molecule has 0 unspecified atom stereocenters. The molecule has 1 aliphatic rings. The van der Waals surface area contributed by atoms with E-state index in [1.165, 1.54) is 16.4 Å². The Morgan fingerprint density at radius 3 is 2.43 bits per heavy atom. The van der Waals surface area contributed by atoms with Crippen molar-refractivity contribution in [2.45, 2.75) is 18.4 Å². The van der Waals surface area contributed by atoms with Crippen LogP contribution in [0.25, 0.3) is 0 Å². The van der Waals surface area contributed by atoms with Crippen LogP contribution in [0.4, 0.5) is 0 Å². The highest BCUT2D eigenvalue weighted by molar-refractivity contribution is 7.89. The number of sulfonamides is 1. The fourth-order valence-electron chi connectivity index (χ4n) is 2.92. The zero-order chi connectivity index (χ0) is 21.4. The van der Waals surface area contributed by atoms with Gasteiger partial charge in [0.25, 0.3) is 0 Å². The maximum absolute atomic E-state index is 12.8. The van der Waals surface area contributed by atoms with Gasteiger partial charge in [-0.2, -0.15) is 4.31 Å². The molecule has 0 amide bonds. The van der Waals surface area contributed by atoms with Gasteiger partial charge >= 0.3 is 5.97 Å². The van der Waals surface area contributed by atoms with Gasteiger partial charge in [0.15, 0.2) is 18.1 Å². The molecule has 3 rings (SSSR count). The first-order valence-electron chi connectivity index (χ1n) is 9.68. The molecular formula is C21H25NO7S. The summed E-state index contributed by atoms with van der Waals surface area (Å²) < 4.78 is 48.3. The van der Waals surface area contributed by atoms with E-state index in [9.17, 15) is 13.2 Å². The Morgan fingerprint density at radius 2 is 1.73 bits per heavy atom. The smallest absolute Gasteiger partial charge is 0.344 e. The lowest BCUT2D eigenvalue weighted by Gasteiger charge is -2.26. The van der Waals surface area contributed by atoms with E-state index in [2.05, 4.69) is 0 Å². The van der Waals surface area contributed by atoms with Crippen LogP contribution in [0.5, 0.6) is 11.5 Å². The molecule has 0 N–H and O–H groups in total. The summed E-state index contributed by atoms with van der Waals surface area (Å²) in [5.74, 6) is 0.437. The van der Waals surface area contributed by atoms with Gasteiger partial charge in [-0.3, -0.25) is 0 Å². The number of ether oxygens (including phenoxy) is 4. The summed E-state index contributed by atoms with van der Waals surface area (Å²) in [5, 5.41) is 0. The van der Waals surface area contributed by atoms with Gasteiger partial charge in [0.1, 0.15) is 6.61 Å². The van der Waals surface area contributed by atoms with Crippen LogP contribution < -0.4 is 9.47 Å². The number of nitrogens with zero attached hydrogens (tertiary/aromatic N) is 1. The summed E-state index contributed by atoms with van der Waals surface area (Å²) in [6, 6.07) is 13.4. The molecule has 2 aromatic rings. The summed E-state index contributed by atoms with van der Waals surface area (Å²) in [4.78, 5) is 12.2. The van der Waals surface area contributed by atoms with Crippen LogP contribution in [0, 0.1) is 0 Å². The zero-order valence-electron chi connectivity index (χ0n) is 16.8. The van der Waals surface area contributed by atoms with Crippen molar-refractivity contribution in [1.82, 2.24) is 4.31 Å². The highest BCUT2D eigenvalue weighted by Crippen LogP contribution is 2.26. The first kappa shape index (κ1) is 22.1. The number of morpholine rings is 1. The van der Waals surface area contributed by atoms with E-state index in [0.29, 0.717) is 50.0 Å². The van der Waals surface area contributed by atoms with Crippen molar-refractivity contribution >= 4 is 16.0 Å². The average Bonchev–Trinajstić information content (AvgIpc) is 2.78. The van der Waals surface area contributed by atoms with Crippen LogP contribution in [-0.2, 0) is 30.9 Å². The fourth-order valence-corrected chi connectivity index (χ4v) is 4.40. The van der Waals surface area contributed by atoms with Gasteiger partial charge in [0.2, 0.25) is 10.0 Å². The van der Waals surface area contributed by atoms with Crippen molar-refractivity contribution in [2.75, 3.05) is 39.5 Å². The standard InChI is InChI=1S/C21H25NO7S/c1-2-27-19-8-3-4-9-20(19)28-16-21(23)29-15-17-6-5-7-18(14-17)30(24,25)22-10-12-26-13-11-22/h3-9,14H,2,10-13,15-16H2,1H3. The van der Waals surface area contributed by atoms with Crippen LogP contribution in [-0.4, -0.2) is 58.2 Å². The molecular weight excluding hydrogens is 410 g/mol. The summed E-state index contributed by atoms with van der Waals surface area (Å²) in [7, 11) is -3.61. The van der Waals surface area contributed by atoms with E-state index in [1.54, 1.807) is 30.3 Å². The number of benzene rings is 2. The Bertz CT molecular complexity index is 955. The van der Waals surface area contributed by atoms with Gasteiger partial charge in [0.05, 0.1) is 24.7 Å². The van der Waals surface area contributed by atoms with E-state index >= 15 is 0 Å². The Balaban J connectivity index is 1.56. The minimum Gasteiger partial charge on any atom is -0.490 e. The zero-order valence-corrected chi connectivity index (χ0v) is 17.6. The van der Waals surface area contributed by atoms with Crippen molar-refractivity contribution in [1.29, 1.82) is 0 Å². The number of hydrogen-bond acceptors (Lipinski definition) is 7. The molecule has 162 valence electrons. The highest BCUT2D eigenvalue weighted by atomic mass is 32.2. The first-order chi connectivity index (χ1) is 14.5. The number of esters is 1. The van der Waals surface area contributed by atoms with E-state index < -0.39 is 16.0 Å². The Morgan fingerprint density at radius 1 is 1.03 bits per heavy atom. The molecule has 1 fully saturated rings. The number of hydrogen-bond donors (Lipinski definition) is 0. The number of carbonyl (C=O) groups excluding carboxylic acids is 1. The van der Waals surface area contributed by atoms with Gasteiger partial charge in [-0.1, -0.05) is 24.3 Å². The molecule has 0 bridgehead atoms. The van der Waals surface area contributed by atoms with Crippen LogP contribution in [0.1, 0.15) is 12.5 Å². The first-order valence-corrected chi connectivity index (χ1v) is 11.1. The molecule has 2 aromatic carbocycles. The third-order valence-corrected chi connectivity index (χ3v) is 6.30. The maximum Gasteiger partial charge on any atom is 0.344 e. The largest absolute Gasteiger partial charge is 0.490 e. The molecule has 8 nitrogen and oxygen atoms in total. The molecule has 0 spiro atoms. The van der Waals surface area contributed by atoms with E-state index in [1.807, 2.05) is 13.0 Å². The predicted octanol–water partition coefficient (Wildman–Crippen LogP) is 2.23. The van der Waals surface area contributed by atoms with Gasteiger partial charge in [-0.25, -0.2) is 13.2 Å². The maximum atomic E-state index is 12.8. The molecule has 30 heavy (non-hydrogen) atoms. The highest BCUT2D eigenvalue weighted by Gasteiger charge is 2.26. The third kappa shape index (κ3) is 5.71. The molecule has 0 radical (unpaired) electrons. The predicted molar refractivity (Wildman–Crippen MR) is 109 cm³/mol. The lowest BCUT2D eigenvalue weighted by atomic mass is 10.2. The Hall–Kier alpha value is -2.62. The molecule has 1 aliphatic heterocycles. The molecule has 0 aromatic heterocycles. The Labute approximate surface area is 176 Å². The second-order valence-electron chi connectivity index (χ2n) is 6.49. The summed E-state index contributed by atoms with van der Waals surface area (Å²) in [6.07, 6.45) is 0. The second-order valence-corrected chi connectivity index (χ2v) is 8.43.